The first kappa shape index (κ1) is 16.0. The Morgan fingerprint density at radius 1 is 1.27 bits per heavy atom. The zero-order chi connectivity index (χ0) is 16.1. The van der Waals surface area contributed by atoms with Crippen LogP contribution in [0.5, 0.6) is 0 Å². The molecule has 2 rings (SSSR count). The number of likely N-dealkylation sites (N-methyl/N-ethyl adjacent to an activating group) is 1. The molecule has 0 aliphatic heterocycles. The van der Waals surface area contributed by atoms with Gasteiger partial charge in [-0.05, 0) is 38.0 Å². The molecule has 1 aromatic heterocycles. The highest BCUT2D eigenvalue weighted by molar-refractivity contribution is 5.79. The van der Waals surface area contributed by atoms with Crippen molar-refractivity contribution in [1.29, 1.82) is 0 Å². The molecule has 6 heteroatoms. The summed E-state index contributed by atoms with van der Waals surface area (Å²) >= 11 is 0. The van der Waals surface area contributed by atoms with Crippen molar-refractivity contribution in [2.75, 3.05) is 35.6 Å². The van der Waals surface area contributed by atoms with E-state index in [1.165, 1.54) is 11.9 Å². The van der Waals surface area contributed by atoms with Gasteiger partial charge in [0.25, 0.3) is 0 Å². The fourth-order valence-electron chi connectivity index (χ4n) is 2.29. The van der Waals surface area contributed by atoms with E-state index in [-0.39, 0.29) is 6.61 Å². The van der Waals surface area contributed by atoms with Crippen LogP contribution in [0.15, 0.2) is 24.5 Å². The molecule has 118 valence electrons. The van der Waals surface area contributed by atoms with Gasteiger partial charge in [-0.1, -0.05) is 12.1 Å². The highest BCUT2D eigenvalue weighted by atomic mass is 16.3. The number of aliphatic hydroxyl groups excluding tert-OH is 1. The maximum atomic E-state index is 9.15. The number of anilines is 4. The number of rotatable bonds is 6. The van der Waals surface area contributed by atoms with Crippen LogP contribution in [0.1, 0.15) is 18.1 Å². The molecule has 0 radical (unpaired) electrons. The van der Waals surface area contributed by atoms with Crippen molar-refractivity contribution in [1.82, 2.24) is 9.97 Å². The Hall–Kier alpha value is -2.34. The number of hydrogen-bond donors (Lipinski definition) is 3. The molecule has 0 bridgehead atoms. The Morgan fingerprint density at radius 3 is 2.73 bits per heavy atom. The molecule has 0 fully saturated rings. The van der Waals surface area contributed by atoms with E-state index in [1.807, 2.05) is 24.0 Å². The lowest BCUT2D eigenvalue weighted by atomic mass is 10.1. The van der Waals surface area contributed by atoms with E-state index in [9.17, 15) is 0 Å². The molecule has 0 aliphatic carbocycles. The van der Waals surface area contributed by atoms with Crippen LogP contribution >= 0.6 is 0 Å². The quantitative estimate of drug-likeness (QED) is 0.758. The van der Waals surface area contributed by atoms with Crippen molar-refractivity contribution >= 4 is 23.0 Å². The number of aliphatic hydroxyl groups is 1. The number of nitrogen functional groups attached to an aromatic ring is 1. The van der Waals surface area contributed by atoms with Crippen LogP contribution in [0.3, 0.4) is 0 Å². The fourth-order valence-corrected chi connectivity index (χ4v) is 2.29. The molecule has 0 amide bonds. The molecular formula is C16H23N5O. The van der Waals surface area contributed by atoms with Gasteiger partial charge in [0.1, 0.15) is 12.0 Å². The van der Waals surface area contributed by atoms with Gasteiger partial charge >= 0.3 is 0 Å². The maximum absolute atomic E-state index is 9.15. The standard InChI is InChI=1S/C16H23N5O/c1-4-21(8-9-22)16-14(17)15(18-10-19-16)20-13-7-5-6-11(2)12(13)3/h5-7,10,22H,4,8-9,17H2,1-3H3,(H,18,19,20). The normalized spacial score (nSPS) is 10.5. The van der Waals surface area contributed by atoms with E-state index < -0.39 is 0 Å². The van der Waals surface area contributed by atoms with Crippen LogP contribution in [-0.4, -0.2) is 34.8 Å². The first-order chi connectivity index (χ1) is 10.6. The lowest BCUT2D eigenvalue weighted by Crippen LogP contribution is -2.28. The smallest absolute Gasteiger partial charge is 0.159 e. The number of nitrogens with zero attached hydrogens (tertiary/aromatic N) is 3. The summed E-state index contributed by atoms with van der Waals surface area (Å²) in [4.78, 5) is 10.4. The molecule has 6 nitrogen and oxygen atoms in total. The maximum Gasteiger partial charge on any atom is 0.159 e. The molecule has 22 heavy (non-hydrogen) atoms. The predicted molar refractivity (Wildman–Crippen MR) is 90.6 cm³/mol. The first-order valence-corrected chi connectivity index (χ1v) is 7.38. The second kappa shape index (κ2) is 7.09. The summed E-state index contributed by atoms with van der Waals surface area (Å²) in [6, 6.07) is 6.05. The van der Waals surface area contributed by atoms with E-state index in [1.54, 1.807) is 0 Å². The monoisotopic (exact) mass is 301 g/mol. The van der Waals surface area contributed by atoms with Crippen LogP contribution < -0.4 is 16.0 Å². The largest absolute Gasteiger partial charge is 0.395 e. The van der Waals surface area contributed by atoms with Crippen molar-refractivity contribution in [3.05, 3.63) is 35.7 Å². The van der Waals surface area contributed by atoms with Gasteiger partial charge in [-0.25, -0.2) is 9.97 Å². The average molecular weight is 301 g/mol. The Labute approximate surface area is 131 Å². The first-order valence-electron chi connectivity index (χ1n) is 7.38. The SMILES string of the molecule is CCN(CCO)c1ncnc(Nc2cccc(C)c2C)c1N. The third kappa shape index (κ3) is 3.28. The van der Waals surface area contributed by atoms with Gasteiger partial charge in [-0.3, -0.25) is 0 Å². The van der Waals surface area contributed by atoms with E-state index in [0.717, 1.165) is 11.3 Å². The molecule has 0 spiro atoms. The summed E-state index contributed by atoms with van der Waals surface area (Å²) in [6.45, 7) is 7.37. The van der Waals surface area contributed by atoms with E-state index in [2.05, 4.69) is 35.2 Å². The third-order valence-corrected chi connectivity index (χ3v) is 3.77. The van der Waals surface area contributed by atoms with E-state index in [4.69, 9.17) is 10.8 Å². The second-order valence-electron chi connectivity index (χ2n) is 5.14. The van der Waals surface area contributed by atoms with E-state index in [0.29, 0.717) is 30.4 Å². The third-order valence-electron chi connectivity index (χ3n) is 3.77. The van der Waals surface area contributed by atoms with Crippen molar-refractivity contribution in [2.24, 2.45) is 0 Å². The number of aromatic nitrogens is 2. The molecule has 2 aromatic rings. The molecule has 1 aromatic carbocycles. The van der Waals surface area contributed by atoms with Crippen LogP contribution in [-0.2, 0) is 0 Å². The summed E-state index contributed by atoms with van der Waals surface area (Å²) in [6.07, 6.45) is 1.49. The highest BCUT2D eigenvalue weighted by Gasteiger charge is 2.14. The summed E-state index contributed by atoms with van der Waals surface area (Å²) in [5, 5.41) is 12.4. The van der Waals surface area contributed by atoms with Gasteiger partial charge in [-0.15, -0.1) is 0 Å². The summed E-state index contributed by atoms with van der Waals surface area (Å²) in [5.74, 6) is 1.22. The number of hydrogen-bond acceptors (Lipinski definition) is 6. The van der Waals surface area contributed by atoms with Crippen LogP contribution in [0, 0.1) is 13.8 Å². The van der Waals surface area contributed by atoms with Gasteiger partial charge in [0.2, 0.25) is 0 Å². The zero-order valence-electron chi connectivity index (χ0n) is 13.3. The van der Waals surface area contributed by atoms with Crippen LogP contribution in [0.2, 0.25) is 0 Å². The number of nitrogens with two attached hydrogens (primary N) is 1. The lowest BCUT2D eigenvalue weighted by molar-refractivity contribution is 0.302. The molecule has 0 atom stereocenters. The van der Waals surface area contributed by atoms with Gasteiger partial charge in [-0.2, -0.15) is 0 Å². The summed E-state index contributed by atoms with van der Waals surface area (Å²) in [5.41, 5.74) is 10.0. The van der Waals surface area contributed by atoms with Gasteiger partial charge in [0, 0.05) is 18.8 Å². The van der Waals surface area contributed by atoms with Crippen molar-refractivity contribution in [2.45, 2.75) is 20.8 Å². The molecule has 1 heterocycles. The number of nitrogens with one attached hydrogen (secondary N) is 1. The Kier molecular flexibility index (Phi) is 5.16. The fraction of sp³-hybridized carbons (Fsp3) is 0.375. The van der Waals surface area contributed by atoms with Gasteiger partial charge < -0.3 is 21.1 Å². The van der Waals surface area contributed by atoms with Crippen LogP contribution in [0.4, 0.5) is 23.0 Å². The number of aryl methyl sites for hydroxylation is 1. The van der Waals surface area contributed by atoms with Crippen molar-refractivity contribution in [3.63, 3.8) is 0 Å². The molecular weight excluding hydrogens is 278 g/mol. The average Bonchev–Trinajstić information content (AvgIpc) is 2.52. The number of benzene rings is 1. The zero-order valence-corrected chi connectivity index (χ0v) is 13.3. The minimum atomic E-state index is 0.0526. The summed E-state index contributed by atoms with van der Waals surface area (Å²) in [7, 11) is 0. The highest BCUT2D eigenvalue weighted by Crippen LogP contribution is 2.29. The molecule has 4 N–H and O–H groups in total. The molecule has 0 saturated heterocycles. The van der Waals surface area contributed by atoms with E-state index >= 15 is 0 Å². The minimum absolute atomic E-state index is 0.0526. The Bertz CT molecular complexity index is 644. The second-order valence-corrected chi connectivity index (χ2v) is 5.14. The summed E-state index contributed by atoms with van der Waals surface area (Å²) < 4.78 is 0. The van der Waals surface area contributed by atoms with Crippen LogP contribution in [0.25, 0.3) is 0 Å². The molecule has 0 aliphatic rings. The molecule has 0 saturated carbocycles. The predicted octanol–water partition coefficient (Wildman–Crippen LogP) is 2.24. The van der Waals surface area contributed by atoms with Crippen molar-refractivity contribution in [3.8, 4) is 0 Å². The van der Waals surface area contributed by atoms with Gasteiger partial charge in [0.15, 0.2) is 11.6 Å². The topological polar surface area (TPSA) is 87.3 Å². The lowest BCUT2D eigenvalue weighted by Gasteiger charge is -2.23. The van der Waals surface area contributed by atoms with Crippen molar-refractivity contribution < 1.29 is 5.11 Å². The Morgan fingerprint density at radius 2 is 2.05 bits per heavy atom. The van der Waals surface area contributed by atoms with Gasteiger partial charge in [0.05, 0.1) is 6.61 Å². The Balaban J connectivity index is 2.34. The minimum Gasteiger partial charge on any atom is -0.395 e. The molecule has 0 unspecified atom stereocenters.